The molecule has 6 nitrogen and oxygen atoms in total. The number of aromatic nitrogens is 2. The topological polar surface area (TPSA) is 66.7 Å². The normalized spacial score (nSPS) is 14.9. The van der Waals surface area contributed by atoms with Gasteiger partial charge in [0.1, 0.15) is 15.8 Å². The molecule has 3 aromatic rings. The Morgan fingerprint density at radius 1 is 1.09 bits per heavy atom. The van der Waals surface area contributed by atoms with Crippen LogP contribution in [0, 0.1) is 13.8 Å². The first-order valence-corrected chi connectivity index (χ1v) is 13.2. The zero-order valence-corrected chi connectivity index (χ0v) is 22.0. The zero-order valence-electron chi connectivity index (χ0n) is 20.3. The molecule has 182 valence electrons. The number of pyridine rings is 1. The molecule has 0 aliphatic carbocycles. The molecular weight excluding hydrogens is 476 g/mol. The molecule has 0 saturated carbocycles. The number of carbonyl (C=O) groups is 1. The Kier molecular flexibility index (Phi) is 8.03. The summed E-state index contributed by atoms with van der Waals surface area (Å²) in [5.41, 5.74) is 3.85. The standard InChI is InChI=1S/C27H30N4O2S2/c1-4-5-6-7-14-28-23-21(25(32)30-15-8-9-19(3)24(30)29-23)16-22-26(33)31(27(34)35-22)17-20-12-10-18(2)11-13-20/h8-13,15-16,28H,4-7,14,17H2,1-3H3/b22-16+. The summed E-state index contributed by atoms with van der Waals surface area (Å²) in [5.74, 6) is 0.313. The van der Waals surface area contributed by atoms with E-state index in [2.05, 4.69) is 12.2 Å². The number of unbranched alkanes of at least 4 members (excludes halogenated alkanes) is 3. The summed E-state index contributed by atoms with van der Waals surface area (Å²) >= 11 is 6.74. The minimum absolute atomic E-state index is 0.191. The fraction of sp³-hybridized carbons (Fsp3) is 0.333. The van der Waals surface area contributed by atoms with E-state index in [4.69, 9.17) is 17.2 Å². The first-order chi connectivity index (χ1) is 16.9. The predicted molar refractivity (Wildman–Crippen MR) is 149 cm³/mol. The lowest BCUT2D eigenvalue weighted by Gasteiger charge is -2.14. The highest BCUT2D eigenvalue weighted by molar-refractivity contribution is 8.26. The highest BCUT2D eigenvalue weighted by Gasteiger charge is 2.32. The quantitative estimate of drug-likeness (QED) is 0.228. The van der Waals surface area contributed by atoms with Crippen LogP contribution in [-0.4, -0.2) is 31.1 Å². The highest BCUT2D eigenvalue weighted by atomic mass is 32.2. The molecule has 0 bridgehead atoms. The van der Waals surface area contributed by atoms with E-state index in [0.29, 0.717) is 39.3 Å². The van der Waals surface area contributed by atoms with Crippen molar-refractivity contribution in [2.45, 2.75) is 53.0 Å². The van der Waals surface area contributed by atoms with Crippen LogP contribution in [0.2, 0.25) is 0 Å². The van der Waals surface area contributed by atoms with Crippen molar-refractivity contribution < 1.29 is 4.79 Å². The van der Waals surface area contributed by atoms with E-state index < -0.39 is 0 Å². The van der Waals surface area contributed by atoms with Crippen molar-refractivity contribution >= 4 is 51.7 Å². The third-order valence-electron chi connectivity index (χ3n) is 6.02. The number of rotatable bonds is 9. The van der Waals surface area contributed by atoms with Gasteiger partial charge in [-0.05, 0) is 43.5 Å². The second kappa shape index (κ2) is 11.2. The van der Waals surface area contributed by atoms with E-state index in [1.807, 2.05) is 50.2 Å². The Morgan fingerprint density at radius 2 is 1.86 bits per heavy atom. The van der Waals surface area contributed by atoms with Gasteiger partial charge < -0.3 is 5.32 Å². The summed E-state index contributed by atoms with van der Waals surface area (Å²) in [6.07, 6.45) is 7.79. The molecule has 0 spiro atoms. The minimum atomic E-state index is -0.210. The first-order valence-electron chi connectivity index (χ1n) is 12.0. The number of carbonyl (C=O) groups excluding carboxylic acids is 1. The molecule has 2 aromatic heterocycles. The van der Waals surface area contributed by atoms with E-state index in [1.165, 1.54) is 22.6 Å². The van der Waals surface area contributed by atoms with Crippen molar-refractivity contribution in [2.24, 2.45) is 0 Å². The zero-order chi connectivity index (χ0) is 24.9. The van der Waals surface area contributed by atoms with Crippen molar-refractivity contribution in [1.29, 1.82) is 0 Å². The minimum Gasteiger partial charge on any atom is -0.369 e. The van der Waals surface area contributed by atoms with Crippen molar-refractivity contribution in [2.75, 3.05) is 11.9 Å². The van der Waals surface area contributed by atoms with E-state index in [1.54, 1.807) is 17.2 Å². The number of nitrogens with one attached hydrogen (secondary N) is 1. The van der Waals surface area contributed by atoms with Crippen LogP contribution in [0.1, 0.15) is 54.9 Å². The lowest BCUT2D eigenvalue weighted by molar-refractivity contribution is -0.122. The van der Waals surface area contributed by atoms with Crippen molar-refractivity contribution in [3.8, 4) is 0 Å². The van der Waals surface area contributed by atoms with Crippen LogP contribution in [0.15, 0.2) is 52.3 Å². The van der Waals surface area contributed by atoms with Crippen LogP contribution < -0.4 is 10.9 Å². The van der Waals surface area contributed by atoms with Gasteiger partial charge in [0.25, 0.3) is 11.5 Å². The Balaban J connectivity index is 1.67. The smallest absolute Gasteiger partial charge is 0.267 e. The molecule has 1 aliphatic rings. The Labute approximate surface area is 215 Å². The number of nitrogens with zero attached hydrogens (tertiary/aromatic N) is 3. The molecule has 0 unspecified atom stereocenters. The van der Waals surface area contributed by atoms with Gasteiger partial charge in [-0.2, -0.15) is 0 Å². The Bertz CT molecular complexity index is 1350. The van der Waals surface area contributed by atoms with Gasteiger partial charge in [0.05, 0.1) is 17.0 Å². The maximum Gasteiger partial charge on any atom is 0.267 e. The lowest BCUT2D eigenvalue weighted by atomic mass is 10.1. The maximum absolute atomic E-state index is 13.5. The third-order valence-corrected chi connectivity index (χ3v) is 7.40. The summed E-state index contributed by atoms with van der Waals surface area (Å²) in [6.45, 7) is 7.25. The van der Waals surface area contributed by atoms with Crippen LogP contribution in [-0.2, 0) is 11.3 Å². The summed E-state index contributed by atoms with van der Waals surface area (Å²) in [4.78, 5) is 33.5. The fourth-order valence-electron chi connectivity index (χ4n) is 3.98. The molecule has 8 heteroatoms. The average molecular weight is 507 g/mol. The monoisotopic (exact) mass is 506 g/mol. The van der Waals surface area contributed by atoms with Gasteiger partial charge in [0.2, 0.25) is 0 Å². The molecule has 1 N–H and O–H groups in total. The van der Waals surface area contributed by atoms with Crippen molar-refractivity contribution in [3.63, 3.8) is 0 Å². The predicted octanol–water partition coefficient (Wildman–Crippen LogP) is 5.70. The molecule has 1 aromatic carbocycles. The number of aryl methyl sites for hydroxylation is 2. The largest absolute Gasteiger partial charge is 0.369 e. The van der Waals surface area contributed by atoms with Crippen molar-refractivity contribution in [3.05, 3.63) is 80.1 Å². The number of benzene rings is 1. The van der Waals surface area contributed by atoms with Crippen LogP contribution in [0.5, 0.6) is 0 Å². The number of hydrogen-bond donors (Lipinski definition) is 1. The number of amides is 1. The van der Waals surface area contributed by atoms with E-state index in [-0.39, 0.29) is 11.5 Å². The van der Waals surface area contributed by atoms with Gasteiger partial charge >= 0.3 is 0 Å². The second-order valence-corrected chi connectivity index (χ2v) is 10.5. The SMILES string of the molecule is CCCCCCNc1nc2c(C)cccn2c(=O)c1/C=C1/SC(=S)N(Cc2ccc(C)cc2)C1=O. The Morgan fingerprint density at radius 3 is 2.60 bits per heavy atom. The van der Waals surface area contributed by atoms with Crippen LogP contribution >= 0.6 is 24.0 Å². The molecule has 3 heterocycles. The molecule has 1 aliphatic heterocycles. The molecule has 35 heavy (non-hydrogen) atoms. The summed E-state index contributed by atoms with van der Waals surface area (Å²) in [7, 11) is 0. The fourth-order valence-corrected chi connectivity index (χ4v) is 5.22. The van der Waals surface area contributed by atoms with Gasteiger partial charge in [0, 0.05) is 12.7 Å². The molecule has 1 saturated heterocycles. The molecular formula is C27H30N4O2S2. The van der Waals surface area contributed by atoms with Gasteiger partial charge in [0.15, 0.2) is 0 Å². The molecule has 0 radical (unpaired) electrons. The van der Waals surface area contributed by atoms with Gasteiger partial charge in [-0.3, -0.25) is 18.9 Å². The number of thioether (sulfide) groups is 1. The molecule has 1 amide bonds. The summed E-state index contributed by atoms with van der Waals surface area (Å²) < 4.78 is 2.02. The summed E-state index contributed by atoms with van der Waals surface area (Å²) in [5, 5.41) is 3.35. The first kappa shape index (κ1) is 25.1. The van der Waals surface area contributed by atoms with Gasteiger partial charge in [-0.25, -0.2) is 4.98 Å². The number of hydrogen-bond acceptors (Lipinski definition) is 6. The maximum atomic E-state index is 13.5. The molecule has 1 fully saturated rings. The van der Waals surface area contributed by atoms with E-state index in [9.17, 15) is 9.59 Å². The molecule has 4 rings (SSSR count). The Hall–Kier alpha value is -2.97. The highest BCUT2D eigenvalue weighted by Crippen LogP contribution is 2.34. The van der Waals surface area contributed by atoms with E-state index in [0.717, 1.165) is 36.0 Å². The second-order valence-electron chi connectivity index (χ2n) is 8.80. The molecule has 0 atom stereocenters. The third kappa shape index (κ3) is 5.65. The summed E-state index contributed by atoms with van der Waals surface area (Å²) in [6, 6.07) is 11.8. The van der Waals surface area contributed by atoms with E-state index >= 15 is 0 Å². The van der Waals surface area contributed by atoms with Crippen LogP contribution in [0.3, 0.4) is 0 Å². The van der Waals surface area contributed by atoms with Gasteiger partial charge in [-0.1, -0.05) is 86.1 Å². The van der Waals surface area contributed by atoms with Crippen LogP contribution in [0.4, 0.5) is 5.82 Å². The number of thiocarbonyl (C=S) groups is 1. The average Bonchev–Trinajstić information content (AvgIpc) is 3.10. The number of fused-ring (bicyclic) bond motifs is 1. The van der Waals surface area contributed by atoms with Gasteiger partial charge in [-0.15, -0.1) is 0 Å². The van der Waals surface area contributed by atoms with Crippen LogP contribution in [0.25, 0.3) is 11.7 Å². The van der Waals surface area contributed by atoms with Crippen molar-refractivity contribution in [1.82, 2.24) is 14.3 Å². The lowest BCUT2D eigenvalue weighted by Crippen LogP contribution is -2.27. The number of anilines is 1.